The molecule has 2 heterocycles. The Balaban J connectivity index is 1.51. The van der Waals surface area contributed by atoms with Crippen LogP contribution in [0, 0.1) is 6.92 Å². The third-order valence-corrected chi connectivity index (χ3v) is 6.17. The van der Waals surface area contributed by atoms with Crippen molar-refractivity contribution in [1.29, 1.82) is 0 Å². The Bertz CT molecular complexity index is 1030. The van der Waals surface area contributed by atoms with E-state index in [0.29, 0.717) is 10.7 Å². The van der Waals surface area contributed by atoms with Crippen molar-refractivity contribution in [2.24, 2.45) is 0 Å². The van der Waals surface area contributed by atoms with Crippen molar-refractivity contribution < 1.29 is 23.0 Å². The predicted molar refractivity (Wildman–Crippen MR) is 116 cm³/mol. The van der Waals surface area contributed by atoms with Gasteiger partial charge in [-0.1, -0.05) is 41.6 Å². The van der Waals surface area contributed by atoms with Gasteiger partial charge in [0.05, 0.1) is 11.8 Å². The van der Waals surface area contributed by atoms with E-state index in [1.165, 1.54) is 36.0 Å². The fraction of sp³-hybridized carbons (Fsp3) is 0.364. The minimum Gasteiger partial charge on any atom is -0.406 e. The van der Waals surface area contributed by atoms with Gasteiger partial charge in [-0.3, -0.25) is 4.57 Å². The maximum Gasteiger partial charge on any atom is 0.573 e. The number of thioether (sulfide) groups is 1. The minimum atomic E-state index is -4.75. The molecule has 0 amide bonds. The highest BCUT2D eigenvalue weighted by atomic mass is 32.2. The SMILES string of the molecule is Cc1ccc(-n2c(SCC(O)c3ccc(OC(F)(F)F)cc3)nnc2N2CCCC2)cc1. The maximum absolute atomic E-state index is 12.3. The zero-order valence-electron chi connectivity index (χ0n) is 17.4. The number of hydrogen-bond donors (Lipinski definition) is 1. The van der Waals surface area contributed by atoms with E-state index in [1.54, 1.807) is 0 Å². The van der Waals surface area contributed by atoms with Crippen molar-refractivity contribution in [3.8, 4) is 11.4 Å². The van der Waals surface area contributed by atoms with Crippen LogP contribution in [-0.4, -0.2) is 45.1 Å². The van der Waals surface area contributed by atoms with Crippen LogP contribution >= 0.6 is 11.8 Å². The standard InChI is InChI=1S/C22H23F3N4O2S/c1-15-4-8-17(9-5-15)29-20(28-12-2-3-13-28)26-27-21(29)32-14-19(30)16-6-10-18(11-7-16)31-22(23,24)25/h4-11,19,30H,2-3,12-14H2,1H3. The average Bonchev–Trinajstić information content (AvgIpc) is 3.42. The molecule has 0 radical (unpaired) electrons. The molecular formula is C22H23F3N4O2S. The molecule has 1 N–H and O–H groups in total. The first-order chi connectivity index (χ1) is 15.3. The number of aromatic nitrogens is 3. The summed E-state index contributed by atoms with van der Waals surface area (Å²) in [4.78, 5) is 2.20. The number of halogens is 3. The second kappa shape index (κ2) is 9.41. The first-order valence-electron chi connectivity index (χ1n) is 10.2. The molecule has 1 aromatic heterocycles. The number of alkyl halides is 3. The Labute approximate surface area is 188 Å². The molecule has 1 saturated heterocycles. The summed E-state index contributed by atoms with van der Waals surface area (Å²) < 4.78 is 42.9. The number of anilines is 1. The molecule has 0 spiro atoms. The summed E-state index contributed by atoms with van der Waals surface area (Å²) in [5, 5.41) is 20.0. The molecule has 1 unspecified atom stereocenters. The quantitative estimate of drug-likeness (QED) is 0.502. The molecule has 1 fully saturated rings. The highest BCUT2D eigenvalue weighted by molar-refractivity contribution is 7.99. The monoisotopic (exact) mass is 464 g/mol. The van der Waals surface area contributed by atoms with Crippen LogP contribution in [0.25, 0.3) is 5.69 Å². The molecule has 0 saturated carbocycles. The molecule has 10 heteroatoms. The first kappa shape index (κ1) is 22.5. The number of ether oxygens (including phenoxy) is 1. The van der Waals surface area contributed by atoms with Gasteiger partial charge in [-0.25, -0.2) is 0 Å². The Hall–Kier alpha value is -2.72. The summed E-state index contributed by atoms with van der Waals surface area (Å²) >= 11 is 1.34. The summed E-state index contributed by atoms with van der Waals surface area (Å²) in [6, 6.07) is 13.3. The molecule has 4 rings (SSSR count). The summed E-state index contributed by atoms with van der Waals surface area (Å²) in [6.07, 6.45) is -3.42. The van der Waals surface area contributed by atoms with Gasteiger partial charge < -0.3 is 14.7 Å². The Morgan fingerprint density at radius 2 is 1.69 bits per heavy atom. The average molecular weight is 465 g/mol. The molecule has 1 aliphatic rings. The van der Waals surface area contributed by atoms with E-state index in [1.807, 2.05) is 35.8 Å². The van der Waals surface area contributed by atoms with Gasteiger partial charge >= 0.3 is 6.36 Å². The van der Waals surface area contributed by atoms with Crippen LogP contribution in [0.15, 0.2) is 53.7 Å². The van der Waals surface area contributed by atoms with Gasteiger partial charge in [0.25, 0.3) is 0 Å². The summed E-state index contributed by atoms with van der Waals surface area (Å²) in [7, 11) is 0. The van der Waals surface area contributed by atoms with E-state index in [9.17, 15) is 18.3 Å². The third-order valence-electron chi connectivity index (χ3n) is 5.17. The Morgan fingerprint density at radius 1 is 1.03 bits per heavy atom. The van der Waals surface area contributed by atoms with Crippen molar-refractivity contribution >= 4 is 17.7 Å². The van der Waals surface area contributed by atoms with E-state index in [0.717, 1.165) is 43.1 Å². The molecule has 0 bridgehead atoms. The molecule has 0 aliphatic carbocycles. The van der Waals surface area contributed by atoms with Crippen LogP contribution in [0.5, 0.6) is 5.75 Å². The van der Waals surface area contributed by atoms with Crippen LogP contribution in [0.3, 0.4) is 0 Å². The maximum atomic E-state index is 12.3. The highest BCUT2D eigenvalue weighted by Crippen LogP contribution is 2.31. The second-order valence-electron chi connectivity index (χ2n) is 7.59. The number of aliphatic hydroxyl groups is 1. The normalized spacial score (nSPS) is 15.2. The van der Waals surface area contributed by atoms with Gasteiger partial charge in [0.15, 0.2) is 5.16 Å². The molecular weight excluding hydrogens is 441 g/mol. The number of rotatable bonds is 7. The van der Waals surface area contributed by atoms with E-state index in [4.69, 9.17) is 0 Å². The number of aliphatic hydroxyl groups excluding tert-OH is 1. The Kier molecular flexibility index (Phi) is 6.61. The topological polar surface area (TPSA) is 63.4 Å². The first-order valence-corrected chi connectivity index (χ1v) is 11.2. The van der Waals surface area contributed by atoms with Gasteiger partial charge in [0.2, 0.25) is 5.95 Å². The Morgan fingerprint density at radius 3 is 2.31 bits per heavy atom. The van der Waals surface area contributed by atoms with Gasteiger partial charge in [0, 0.05) is 18.8 Å². The number of aryl methyl sites for hydroxylation is 1. The minimum absolute atomic E-state index is 0.267. The summed E-state index contributed by atoms with van der Waals surface area (Å²) in [5.74, 6) is 0.719. The van der Waals surface area contributed by atoms with Crippen molar-refractivity contribution in [1.82, 2.24) is 14.8 Å². The fourth-order valence-electron chi connectivity index (χ4n) is 3.54. The molecule has 2 aromatic carbocycles. The van der Waals surface area contributed by atoms with Crippen molar-refractivity contribution in [2.45, 2.75) is 37.4 Å². The lowest BCUT2D eigenvalue weighted by atomic mass is 10.1. The summed E-state index contributed by atoms with van der Waals surface area (Å²) in [6.45, 7) is 3.86. The van der Waals surface area contributed by atoms with Crippen LogP contribution < -0.4 is 9.64 Å². The summed E-state index contributed by atoms with van der Waals surface area (Å²) in [5.41, 5.74) is 2.58. The van der Waals surface area contributed by atoms with E-state index < -0.39 is 12.5 Å². The molecule has 6 nitrogen and oxygen atoms in total. The van der Waals surface area contributed by atoms with E-state index >= 15 is 0 Å². The van der Waals surface area contributed by atoms with Gasteiger partial charge in [0.1, 0.15) is 5.75 Å². The number of hydrogen-bond acceptors (Lipinski definition) is 6. The molecule has 3 aromatic rings. The van der Waals surface area contributed by atoms with Crippen LogP contribution in [0.1, 0.15) is 30.1 Å². The molecule has 1 aliphatic heterocycles. The lowest BCUT2D eigenvalue weighted by Gasteiger charge is -2.19. The molecule has 32 heavy (non-hydrogen) atoms. The van der Waals surface area contributed by atoms with Crippen molar-refractivity contribution in [3.63, 3.8) is 0 Å². The zero-order valence-corrected chi connectivity index (χ0v) is 18.2. The number of nitrogens with zero attached hydrogens (tertiary/aromatic N) is 4. The lowest BCUT2D eigenvalue weighted by molar-refractivity contribution is -0.274. The van der Waals surface area contributed by atoms with Gasteiger partial charge in [-0.15, -0.1) is 23.4 Å². The fourth-order valence-corrected chi connectivity index (χ4v) is 4.45. The van der Waals surface area contributed by atoms with Crippen LogP contribution in [-0.2, 0) is 0 Å². The van der Waals surface area contributed by atoms with Crippen molar-refractivity contribution in [2.75, 3.05) is 23.7 Å². The highest BCUT2D eigenvalue weighted by Gasteiger charge is 2.31. The van der Waals surface area contributed by atoms with Crippen LogP contribution in [0.4, 0.5) is 19.1 Å². The van der Waals surface area contributed by atoms with E-state index in [-0.39, 0.29) is 11.5 Å². The smallest absolute Gasteiger partial charge is 0.406 e. The number of benzene rings is 2. The largest absolute Gasteiger partial charge is 0.573 e. The molecule has 170 valence electrons. The zero-order chi connectivity index (χ0) is 22.7. The second-order valence-corrected chi connectivity index (χ2v) is 8.58. The van der Waals surface area contributed by atoms with Gasteiger partial charge in [-0.2, -0.15) is 0 Å². The van der Waals surface area contributed by atoms with Crippen LogP contribution in [0.2, 0.25) is 0 Å². The molecule has 1 atom stereocenters. The predicted octanol–water partition coefficient (Wildman–Crippen LogP) is 4.90. The van der Waals surface area contributed by atoms with Gasteiger partial charge in [-0.05, 0) is 49.6 Å². The third kappa shape index (κ3) is 5.36. The lowest BCUT2D eigenvalue weighted by Crippen LogP contribution is -2.22. The van der Waals surface area contributed by atoms with E-state index in [2.05, 4.69) is 19.8 Å². The van der Waals surface area contributed by atoms with Crippen molar-refractivity contribution in [3.05, 3.63) is 59.7 Å².